The number of hydrogen-bond donors (Lipinski definition) is 3. The maximum atomic E-state index is 13.9. The molecule has 84 heavy (non-hydrogen) atoms. The number of fused-ring (bicyclic) bond motifs is 2. The number of piperidine rings is 2. The smallest absolute Gasteiger partial charge is 0.256 e. The average Bonchev–Trinajstić information content (AvgIpc) is 4.54. The number of hydrogen-bond acceptors (Lipinski definition) is 14. The Hall–Kier alpha value is -5.33. The summed E-state index contributed by atoms with van der Waals surface area (Å²) in [7, 11) is -7.15. The second-order valence-electron chi connectivity index (χ2n) is 23.2. The third kappa shape index (κ3) is 15.6. The molecule has 2 amide bonds. The molecule has 3 N–H and O–H groups in total. The second-order valence-corrected chi connectivity index (χ2v) is 27.9. The van der Waals surface area contributed by atoms with Crippen LogP contribution in [0.25, 0.3) is 11.3 Å². The van der Waals surface area contributed by atoms with Crippen LogP contribution in [0, 0.1) is 13.8 Å². The minimum Gasteiger partial charge on any atom is -0.352 e. The molecule has 2 aromatic carbocycles. The Morgan fingerprint density at radius 1 is 0.583 bits per heavy atom. The molecule has 4 atom stereocenters. The van der Waals surface area contributed by atoms with Crippen LogP contribution in [0.15, 0.2) is 60.9 Å². The Kier molecular flexibility index (Phi) is 20.7. The highest BCUT2D eigenvalue weighted by Gasteiger charge is 2.35. The summed E-state index contributed by atoms with van der Waals surface area (Å²) in [5.41, 5.74) is 5.61. The molecule has 0 bridgehead atoms. The van der Waals surface area contributed by atoms with E-state index in [0.717, 1.165) is 98.5 Å². The van der Waals surface area contributed by atoms with Gasteiger partial charge in [-0.2, -0.15) is 10.2 Å². The Labute approximate surface area is 510 Å². The number of aromatic nitrogens is 6. The second kappa shape index (κ2) is 27.6. The van der Waals surface area contributed by atoms with Gasteiger partial charge >= 0.3 is 0 Å². The van der Waals surface area contributed by atoms with Gasteiger partial charge in [-0.3, -0.25) is 19.0 Å². The summed E-state index contributed by atoms with van der Waals surface area (Å²) in [5.74, 6) is 0.447. The van der Waals surface area contributed by atoms with Gasteiger partial charge in [0.25, 0.3) is 11.8 Å². The van der Waals surface area contributed by atoms with Crippen molar-refractivity contribution in [2.24, 2.45) is 0 Å². The molecule has 6 aromatic rings. The number of aryl methyl sites for hydroxylation is 2. The zero-order chi connectivity index (χ0) is 58.6. The van der Waals surface area contributed by atoms with Crippen LogP contribution in [0.4, 0.5) is 17.2 Å². The molecule has 0 aliphatic carbocycles. The van der Waals surface area contributed by atoms with Crippen LogP contribution < -0.4 is 19.7 Å². The zero-order valence-electron chi connectivity index (χ0n) is 47.9. The Morgan fingerprint density at radius 3 is 1.57 bits per heavy atom. The van der Waals surface area contributed by atoms with Crippen LogP contribution in [0.5, 0.6) is 0 Å². The van der Waals surface area contributed by atoms with E-state index < -0.39 is 20.0 Å². The van der Waals surface area contributed by atoms with Crippen molar-refractivity contribution < 1.29 is 26.4 Å². The molecule has 4 aromatic heterocycles. The van der Waals surface area contributed by atoms with E-state index in [9.17, 15) is 26.4 Å². The third-order valence-corrected chi connectivity index (χ3v) is 18.6. The van der Waals surface area contributed by atoms with Crippen LogP contribution in [0.2, 0.25) is 15.2 Å². The minimum atomic E-state index is -3.58. The van der Waals surface area contributed by atoms with Crippen molar-refractivity contribution in [2.75, 3.05) is 92.3 Å². The molecule has 456 valence electrons. The lowest BCUT2D eigenvalue weighted by Crippen LogP contribution is -2.40. The zero-order valence-corrected chi connectivity index (χ0v) is 51.8. The number of rotatable bonds is 13. The number of anilines is 3. The molecule has 0 spiro atoms. The highest BCUT2D eigenvalue weighted by Crippen LogP contribution is 2.37. The fourth-order valence-electron chi connectivity index (χ4n) is 12.6. The number of nitrogens with one attached hydrogen (secondary N) is 3. The monoisotopic (exact) mass is 1250 g/mol. The molecule has 6 fully saturated rings. The van der Waals surface area contributed by atoms with Crippen molar-refractivity contribution in [2.45, 2.75) is 135 Å². The average molecular weight is 1250 g/mol. The lowest BCUT2D eigenvalue weighted by molar-refractivity contribution is 0.0600. The summed E-state index contributed by atoms with van der Waals surface area (Å²) in [6.45, 7) is 14.8. The molecule has 25 heteroatoms. The van der Waals surface area contributed by atoms with Gasteiger partial charge in [0.2, 0.25) is 20.0 Å². The fraction of sp³-hybridized carbons (Fsp3) is 0.559. The van der Waals surface area contributed by atoms with Crippen LogP contribution in [-0.2, 0) is 20.0 Å². The Morgan fingerprint density at radius 2 is 1.07 bits per heavy atom. The van der Waals surface area contributed by atoms with Crippen molar-refractivity contribution in [3.63, 3.8) is 0 Å². The molecule has 6 saturated heterocycles. The predicted molar refractivity (Wildman–Crippen MR) is 335 cm³/mol. The Bertz CT molecular complexity index is 3480. The van der Waals surface area contributed by atoms with Gasteiger partial charge in [-0.05, 0) is 173 Å². The van der Waals surface area contributed by atoms with Crippen molar-refractivity contribution in [3.8, 4) is 0 Å². The summed E-state index contributed by atoms with van der Waals surface area (Å²) < 4.78 is 55.9. The summed E-state index contributed by atoms with van der Waals surface area (Å²) >= 11 is 18.5. The molecular formula is C59H81Cl3N14O6S2. The Balaban J connectivity index is 0.000000173. The van der Waals surface area contributed by atoms with Gasteiger partial charge in [0, 0.05) is 90.5 Å². The summed E-state index contributed by atoms with van der Waals surface area (Å²) in [4.78, 5) is 48.0. The number of likely N-dealkylation sites (tertiary alicyclic amines) is 4. The summed E-state index contributed by atoms with van der Waals surface area (Å²) in [5, 5.41) is 14.2. The highest BCUT2D eigenvalue weighted by atomic mass is 35.5. The summed E-state index contributed by atoms with van der Waals surface area (Å²) in [6.07, 6.45) is 21.6. The largest absolute Gasteiger partial charge is 0.352 e. The quantitative estimate of drug-likeness (QED) is 0.0918. The van der Waals surface area contributed by atoms with Crippen molar-refractivity contribution in [1.82, 2.24) is 54.1 Å². The maximum absolute atomic E-state index is 13.9. The van der Waals surface area contributed by atoms with Crippen molar-refractivity contribution >= 4 is 95.2 Å². The van der Waals surface area contributed by atoms with Gasteiger partial charge in [-0.1, -0.05) is 42.2 Å². The lowest BCUT2D eigenvalue weighted by atomic mass is 9.98. The molecule has 6 aliphatic heterocycles. The van der Waals surface area contributed by atoms with Gasteiger partial charge in [-0.15, -0.1) is 0 Å². The number of carbonyl (C=O) groups is 2. The summed E-state index contributed by atoms with van der Waals surface area (Å²) in [6, 6.07) is 13.7. The van der Waals surface area contributed by atoms with Crippen LogP contribution in [-0.4, -0.2) is 167 Å². The molecular weight excluding hydrogens is 1170 g/mol. The molecule has 0 saturated carbocycles. The molecule has 6 aliphatic rings. The number of carbonyl (C=O) groups excluding carboxylic acids is 2. The van der Waals surface area contributed by atoms with E-state index in [4.69, 9.17) is 44.9 Å². The van der Waals surface area contributed by atoms with Crippen LogP contribution >= 0.6 is 34.8 Å². The lowest BCUT2D eigenvalue weighted by Gasteiger charge is -2.35. The molecule has 0 unspecified atom stereocenters. The third-order valence-electron chi connectivity index (χ3n) is 16.6. The van der Waals surface area contributed by atoms with Gasteiger partial charge in [0.15, 0.2) is 11.3 Å². The number of nitrogens with zero attached hydrogens (tertiary/aromatic N) is 11. The minimum absolute atomic E-state index is 0. The van der Waals surface area contributed by atoms with E-state index in [1.165, 1.54) is 115 Å². The first kappa shape index (κ1) is 63.2. The van der Waals surface area contributed by atoms with E-state index in [2.05, 4.69) is 46.5 Å². The SMILES string of the molecule is C.C1CN[C@H](CN2CCCC2)C1.Cc1cn2nc([C@@H]3CCCCN3C(=O)c3cc(Cl)ccc3NS(C)(=O)=O)cc2nc1Cl.Cc1cn2nc([C@@H]3CCCCN3C(=O)c3cc(Cl)ccc3NS(C)(=O)=O)cc2nc1N1CCC[C@H]1CN1CCCC1. The number of sulfonamides is 2. The predicted octanol–water partition coefficient (Wildman–Crippen LogP) is 10.0. The maximum Gasteiger partial charge on any atom is 0.256 e. The van der Waals surface area contributed by atoms with Crippen molar-refractivity contribution in [1.29, 1.82) is 0 Å². The van der Waals surface area contributed by atoms with Crippen LogP contribution in [0.1, 0.15) is 153 Å². The van der Waals surface area contributed by atoms with E-state index in [1.54, 1.807) is 32.6 Å². The van der Waals surface area contributed by atoms with E-state index >= 15 is 0 Å². The van der Waals surface area contributed by atoms with Crippen LogP contribution in [0.3, 0.4) is 0 Å². The normalized spacial score (nSPS) is 21.5. The van der Waals surface area contributed by atoms with Crippen molar-refractivity contribution in [3.05, 3.63) is 110 Å². The highest BCUT2D eigenvalue weighted by molar-refractivity contribution is 7.92. The number of benzene rings is 2. The molecule has 12 rings (SSSR count). The van der Waals surface area contributed by atoms with E-state index in [1.807, 2.05) is 29.8 Å². The first-order valence-corrected chi connectivity index (χ1v) is 34.2. The molecule has 10 heterocycles. The first-order valence-electron chi connectivity index (χ1n) is 29.2. The van der Waals surface area contributed by atoms with Gasteiger partial charge < -0.3 is 29.8 Å². The van der Waals surface area contributed by atoms with E-state index in [0.29, 0.717) is 45.7 Å². The topological polar surface area (TPSA) is 215 Å². The number of amides is 2. The fourth-order valence-corrected chi connectivity index (χ4v) is 14.3. The van der Waals surface area contributed by atoms with Gasteiger partial charge in [0.05, 0.1) is 58.5 Å². The first-order chi connectivity index (χ1) is 39.7. The van der Waals surface area contributed by atoms with E-state index in [-0.39, 0.29) is 53.8 Å². The standard InChI is InChI=1S/C29H38ClN7O3S.C20H21Cl2N5O3S.C9H18N2.CH4/c1-20-18-37-27(31-28(20)35-15-7-8-22(35)19-34-12-5-6-13-34)17-25(32-37)26-9-3-4-14-36(26)29(38)23-16-21(30)10-11-24(23)33-41(2,39)40;1-12-11-27-18(23-19(12)22)10-16(24-27)17-5-3-4-8-26(17)20(28)14-9-13(21)6-7-15(14)25-31(2,29)30;1-2-7-11(6-1)8-9-4-3-5-10-9;/h10-11,16-18,22,26,33H,3-9,12-15,19H2,1-2H3;6-7,9-11,17,25H,3-5,8H2,1-2H3;9-10H,1-8H2;1H4/t22-,26-;17-;9-;/m000./s1. The van der Waals surface area contributed by atoms with Gasteiger partial charge in [-0.25, -0.2) is 35.8 Å². The molecule has 0 radical (unpaired) electrons. The molecule has 20 nitrogen and oxygen atoms in total. The number of halogens is 3. The van der Waals surface area contributed by atoms with Gasteiger partial charge in [0.1, 0.15) is 11.0 Å².